The second-order valence-electron chi connectivity index (χ2n) is 6.79. The number of halogens is 1. The zero-order valence-electron chi connectivity index (χ0n) is 15.8. The number of fused-ring (bicyclic) bond motifs is 1. The summed E-state index contributed by atoms with van der Waals surface area (Å²) in [7, 11) is 0. The monoisotopic (exact) mass is 379 g/mol. The summed E-state index contributed by atoms with van der Waals surface area (Å²) >= 11 is 0. The molecule has 1 N–H and O–H groups in total. The Labute approximate surface area is 163 Å². The fraction of sp³-hybridized carbons (Fsp3) is 0.273. The van der Waals surface area contributed by atoms with Gasteiger partial charge in [0.15, 0.2) is 5.84 Å². The predicted molar refractivity (Wildman–Crippen MR) is 107 cm³/mol. The first-order valence-electron chi connectivity index (χ1n) is 9.32. The average Bonchev–Trinajstić information content (AvgIpc) is 3.13. The van der Waals surface area contributed by atoms with Crippen LogP contribution in [0.15, 0.2) is 59.9 Å². The number of aromatic nitrogens is 1. The number of benzene rings is 1. The number of aryl methyl sites for hydroxylation is 1. The Bertz CT molecular complexity index is 983. The Morgan fingerprint density at radius 1 is 1.36 bits per heavy atom. The molecule has 0 amide bonds. The molecular weight excluding hydrogens is 357 g/mol. The number of amidine groups is 1. The molecule has 0 radical (unpaired) electrons. The molecule has 2 atom stereocenters. The van der Waals surface area contributed by atoms with Crippen molar-refractivity contribution in [2.24, 2.45) is 4.99 Å². The van der Waals surface area contributed by atoms with Crippen molar-refractivity contribution in [2.75, 3.05) is 13.2 Å². The zero-order chi connectivity index (χ0) is 19.7. The Hall–Kier alpha value is -2.83. The molecule has 1 aromatic heterocycles. The topological polar surface area (TPSA) is 58.0 Å². The SMILES string of the molecule is CCOC(O)C1=NCC2C=CC(c3cccnc3-c3ccc(F)c(C)c3)=CN12. The molecule has 0 saturated heterocycles. The summed E-state index contributed by atoms with van der Waals surface area (Å²) in [6.45, 7) is 4.56. The van der Waals surface area contributed by atoms with Gasteiger partial charge in [-0.2, -0.15) is 0 Å². The molecule has 2 aliphatic rings. The number of allylic oxidation sites excluding steroid dienone is 2. The van der Waals surface area contributed by atoms with Crippen molar-refractivity contribution in [1.29, 1.82) is 0 Å². The molecule has 3 heterocycles. The molecule has 2 aromatic rings. The molecule has 1 aromatic carbocycles. The van der Waals surface area contributed by atoms with Crippen molar-refractivity contribution >= 4 is 11.4 Å². The van der Waals surface area contributed by atoms with Crippen LogP contribution in [0, 0.1) is 12.7 Å². The third-order valence-corrected chi connectivity index (χ3v) is 4.93. The Morgan fingerprint density at radius 2 is 2.21 bits per heavy atom. The van der Waals surface area contributed by atoms with Gasteiger partial charge in [-0.05, 0) is 49.2 Å². The predicted octanol–water partition coefficient (Wildman–Crippen LogP) is 3.54. The van der Waals surface area contributed by atoms with Crippen molar-refractivity contribution in [3.8, 4) is 11.3 Å². The van der Waals surface area contributed by atoms with E-state index >= 15 is 0 Å². The number of aliphatic hydroxyl groups is 1. The van der Waals surface area contributed by atoms with Crippen LogP contribution < -0.4 is 0 Å². The molecule has 2 aliphatic heterocycles. The van der Waals surface area contributed by atoms with Gasteiger partial charge < -0.3 is 14.7 Å². The van der Waals surface area contributed by atoms with E-state index in [0.717, 1.165) is 22.4 Å². The Morgan fingerprint density at radius 3 is 3.00 bits per heavy atom. The van der Waals surface area contributed by atoms with Gasteiger partial charge in [0, 0.05) is 30.1 Å². The fourth-order valence-electron chi connectivity index (χ4n) is 3.51. The van der Waals surface area contributed by atoms with Crippen LogP contribution in [0.1, 0.15) is 18.1 Å². The Balaban J connectivity index is 1.72. The lowest BCUT2D eigenvalue weighted by molar-refractivity contribution is -0.0492. The highest BCUT2D eigenvalue weighted by atomic mass is 19.1. The maximum atomic E-state index is 13.7. The first-order valence-corrected chi connectivity index (χ1v) is 9.32. The lowest BCUT2D eigenvalue weighted by atomic mass is 9.96. The fourth-order valence-corrected chi connectivity index (χ4v) is 3.51. The summed E-state index contributed by atoms with van der Waals surface area (Å²) in [5.41, 5.74) is 4.09. The van der Waals surface area contributed by atoms with Gasteiger partial charge in [-0.25, -0.2) is 4.39 Å². The van der Waals surface area contributed by atoms with Crippen LogP contribution in [-0.2, 0) is 4.74 Å². The minimum absolute atomic E-state index is 0.0713. The molecule has 5 nitrogen and oxygen atoms in total. The Kier molecular flexibility index (Phi) is 5.07. The quantitative estimate of drug-likeness (QED) is 0.808. The lowest BCUT2D eigenvalue weighted by Crippen LogP contribution is -2.39. The molecule has 6 heteroatoms. The van der Waals surface area contributed by atoms with E-state index in [4.69, 9.17) is 4.74 Å². The maximum Gasteiger partial charge on any atom is 0.214 e. The number of ether oxygens (including phenoxy) is 1. The van der Waals surface area contributed by atoms with E-state index in [-0.39, 0.29) is 11.9 Å². The first-order chi connectivity index (χ1) is 13.6. The van der Waals surface area contributed by atoms with Gasteiger partial charge in [0.25, 0.3) is 0 Å². The maximum absolute atomic E-state index is 13.7. The number of aliphatic hydroxyl groups excluding tert-OH is 1. The third-order valence-electron chi connectivity index (χ3n) is 4.93. The standard InChI is InChI=1S/C22H22FN3O2/c1-3-28-22(27)21-25-12-17-8-6-16(13-26(17)21)18-5-4-10-24-20(18)15-7-9-19(23)14(2)11-15/h4-11,13,17,22,27H,3,12H2,1-2H3. The van der Waals surface area contributed by atoms with Crippen LogP contribution in [0.4, 0.5) is 4.39 Å². The summed E-state index contributed by atoms with van der Waals surface area (Å²) in [6, 6.07) is 8.95. The molecule has 28 heavy (non-hydrogen) atoms. The highest BCUT2D eigenvalue weighted by Crippen LogP contribution is 2.32. The smallest absolute Gasteiger partial charge is 0.214 e. The molecule has 0 spiro atoms. The zero-order valence-corrected chi connectivity index (χ0v) is 15.8. The summed E-state index contributed by atoms with van der Waals surface area (Å²) in [5.74, 6) is 0.278. The second-order valence-corrected chi connectivity index (χ2v) is 6.79. The van der Waals surface area contributed by atoms with Gasteiger partial charge in [0.2, 0.25) is 6.29 Å². The van der Waals surface area contributed by atoms with Crippen LogP contribution in [0.25, 0.3) is 16.8 Å². The van der Waals surface area contributed by atoms with Crippen molar-refractivity contribution < 1.29 is 14.2 Å². The summed E-state index contributed by atoms with van der Waals surface area (Å²) in [5, 5.41) is 10.2. The summed E-state index contributed by atoms with van der Waals surface area (Å²) in [4.78, 5) is 10.9. The highest BCUT2D eigenvalue weighted by molar-refractivity contribution is 5.92. The average molecular weight is 379 g/mol. The molecule has 0 aliphatic carbocycles. The van der Waals surface area contributed by atoms with Crippen LogP contribution in [0.2, 0.25) is 0 Å². The van der Waals surface area contributed by atoms with Gasteiger partial charge in [-0.15, -0.1) is 0 Å². The van der Waals surface area contributed by atoms with E-state index in [1.165, 1.54) is 6.07 Å². The second kappa shape index (κ2) is 7.66. The van der Waals surface area contributed by atoms with E-state index in [9.17, 15) is 9.50 Å². The van der Waals surface area contributed by atoms with Gasteiger partial charge in [-0.3, -0.25) is 9.98 Å². The summed E-state index contributed by atoms with van der Waals surface area (Å²) in [6.07, 6.45) is 6.76. The van der Waals surface area contributed by atoms with E-state index in [1.807, 2.05) is 36.2 Å². The molecule has 4 rings (SSSR count). The number of rotatable bonds is 5. The van der Waals surface area contributed by atoms with Gasteiger partial charge in [0.1, 0.15) is 5.82 Å². The molecule has 144 valence electrons. The summed E-state index contributed by atoms with van der Waals surface area (Å²) < 4.78 is 19.0. The molecule has 0 fully saturated rings. The van der Waals surface area contributed by atoms with Crippen molar-refractivity contribution in [1.82, 2.24) is 9.88 Å². The molecule has 0 bridgehead atoms. The van der Waals surface area contributed by atoms with E-state index < -0.39 is 6.29 Å². The van der Waals surface area contributed by atoms with Crippen molar-refractivity contribution in [2.45, 2.75) is 26.2 Å². The molecule has 2 unspecified atom stereocenters. The molecular formula is C22H22FN3O2. The van der Waals surface area contributed by atoms with E-state index in [2.05, 4.69) is 16.1 Å². The number of nitrogens with zero attached hydrogens (tertiary/aromatic N) is 3. The van der Waals surface area contributed by atoms with Crippen LogP contribution in [0.5, 0.6) is 0 Å². The number of aliphatic imine (C=N–C) groups is 1. The first kappa shape index (κ1) is 18.5. The van der Waals surface area contributed by atoms with Crippen LogP contribution >= 0.6 is 0 Å². The minimum Gasteiger partial charge on any atom is -0.362 e. The number of pyridine rings is 1. The van der Waals surface area contributed by atoms with E-state index in [1.54, 1.807) is 25.3 Å². The van der Waals surface area contributed by atoms with Gasteiger partial charge >= 0.3 is 0 Å². The minimum atomic E-state index is -1.05. The largest absolute Gasteiger partial charge is 0.362 e. The highest BCUT2D eigenvalue weighted by Gasteiger charge is 2.32. The third kappa shape index (κ3) is 3.37. The van der Waals surface area contributed by atoms with Gasteiger partial charge in [-0.1, -0.05) is 18.2 Å². The number of hydrogen-bond donors (Lipinski definition) is 1. The van der Waals surface area contributed by atoms with Crippen LogP contribution in [-0.4, -0.2) is 46.3 Å². The number of hydrogen-bond acceptors (Lipinski definition) is 5. The van der Waals surface area contributed by atoms with Crippen LogP contribution in [0.3, 0.4) is 0 Å². The van der Waals surface area contributed by atoms with Crippen molar-refractivity contribution in [3.63, 3.8) is 0 Å². The van der Waals surface area contributed by atoms with Gasteiger partial charge in [0.05, 0.1) is 18.3 Å². The van der Waals surface area contributed by atoms with E-state index in [0.29, 0.717) is 24.6 Å². The lowest BCUT2D eigenvalue weighted by Gasteiger charge is -2.28. The normalized spacial score (nSPS) is 19.3. The molecule has 0 saturated carbocycles. The van der Waals surface area contributed by atoms with Crippen molar-refractivity contribution in [3.05, 3.63) is 71.8 Å².